The fourth-order valence-electron chi connectivity index (χ4n) is 6.39. The van der Waals surface area contributed by atoms with Crippen molar-refractivity contribution >= 4 is 8.32 Å². The molecule has 8 nitrogen and oxygen atoms in total. The van der Waals surface area contributed by atoms with E-state index >= 15 is 0 Å². The van der Waals surface area contributed by atoms with Crippen LogP contribution in [-0.4, -0.2) is 76.5 Å². The minimum atomic E-state index is -1.93. The Hall–Kier alpha value is -1.98. The van der Waals surface area contributed by atoms with Crippen LogP contribution in [0.4, 0.5) is 0 Å². The van der Waals surface area contributed by atoms with E-state index in [0.717, 1.165) is 35.5 Å². The molecule has 2 aromatic rings. The molecule has 1 N–H and O–H groups in total. The number of aliphatic hydroxyl groups excluding tert-OH is 1. The number of aliphatic hydroxyl groups is 1. The zero-order valence-electron chi connectivity index (χ0n) is 26.4. The van der Waals surface area contributed by atoms with Crippen LogP contribution in [0.5, 0.6) is 11.5 Å². The monoisotopic (exact) mass is 602 g/mol. The molecule has 2 aliphatic rings. The highest BCUT2D eigenvalue weighted by Gasteiger charge is 2.56. The molecule has 0 aliphatic carbocycles. The summed E-state index contributed by atoms with van der Waals surface area (Å²) in [6.45, 7) is 12.2. The van der Waals surface area contributed by atoms with Crippen LogP contribution < -0.4 is 9.47 Å². The lowest BCUT2D eigenvalue weighted by molar-refractivity contribution is -0.270. The van der Waals surface area contributed by atoms with Gasteiger partial charge in [0.05, 0.1) is 63.6 Å². The first-order valence-corrected chi connectivity index (χ1v) is 18.5. The van der Waals surface area contributed by atoms with E-state index in [2.05, 4.69) is 33.5 Å². The summed E-state index contributed by atoms with van der Waals surface area (Å²) < 4.78 is 43.9. The van der Waals surface area contributed by atoms with E-state index in [4.69, 9.17) is 32.8 Å². The van der Waals surface area contributed by atoms with E-state index in [1.165, 1.54) is 0 Å². The first kappa shape index (κ1) is 32.9. The Bertz CT molecular complexity index is 1100. The average molecular weight is 603 g/mol. The molecule has 0 amide bonds. The van der Waals surface area contributed by atoms with Crippen molar-refractivity contribution in [2.45, 2.75) is 108 Å². The molecule has 234 valence electrons. The second kappa shape index (κ2) is 14.2. The van der Waals surface area contributed by atoms with Gasteiger partial charge in [-0.25, -0.2) is 0 Å². The SMILES string of the molecule is COc1ccc(COC[C@@H]2O[C@]3(C)C[C@](C)(O[Si](C)(C)C)[C@@H](CCO)O[C@H]3CC[C@H]2OCc2ccc(OC)cc2)cc1. The third-order valence-electron chi connectivity index (χ3n) is 8.21. The fraction of sp³-hybridized carbons (Fsp3) is 0.636. The summed E-state index contributed by atoms with van der Waals surface area (Å²) in [5.41, 5.74) is 0.953. The quantitative estimate of drug-likeness (QED) is 0.284. The number of hydrogen-bond acceptors (Lipinski definition) is 8. The normalized spacial score (nSPS) is 29.9. The van der Waals surface area contributed by atoms with Gasteiger partial charge in [-0.15, -0.1) is 0 Å². The lowest BCUT2D eigenvalue weighted by Gasteiger charge is -2.54. The van der Waals surface area contributed by atoms with Gasteiger partial charge in [0.15, 0.2) is 8.32 Å². The van der Waals surface area contributed by atoms with Crippen molar-refractivity contribution in [3.05, 3.63) is 59.7 Å². The van der Waals surface area contributed by atoms with E-state index < -0.39 is 19.5 Å². The van der Waals surface area contributed by atoms with E-state index in [0.29, 0.717) is 32.7 Å². The summed E-state index contributed by atoms with van der Waals surface area (Å²) in [5.74, 6) is 1.63. The molecule has 0 bridgehead atoms. The van der Waals surface area contributed by atoms with Crippen molar-refractivity contribution in [1.29, 1.82) is 0 Å². The lowest BCUT2D eigenvalue weighted by Crippen LogP contribution is -2.64. The standard InChI is InChI=1S/C33H50O8Si/c1-32-23-33(2,41-42(5,6)7)31(18-19-34)39-30(32)17-16-28(38-21-25-10-14-27(36-4)15-11-25)29(40-32)22-37-20-24-8-12-26(35-3)13-9-24/h8-15,28-31,34H,16-23H2,1-7H3/t28-,29+,30+,31-,32-,33+/m1/s1. The highest BCUT2D eigenvalue weighted by Crippen LogP contribution is 2.46. The van der Waals surface area contributed by atoms with Crippen molar-refractivity contribution in [1.82, 2.24) is 0 Å². The molecule has 0 radical (unpaired) electrons. The molecule has 0 spiro atoms. The van der Waals surface area contributed by atoms with Crippen molar-refractivity contribution in [2.75, 3.05) is 27.4 Å². The number of fused-ring (bicyclic) bond motifs is 1. The molecule has 2 saturated heterocycles. The van der Waals surface area contributed by atoms with Crippen molar-refractivity contribution in [3.8, 4) is 11.5 Å². The number of benzene rings is 2. The minimum absolute atomic E-state index is 0.0506. The number of ether oxygens (including phenoxy) is 6. The lowest BCUT2D eigenvalue weighted by atomic mass is 9.77. The van der Waals surface area contributed by atoms with E-state index in [9.17, 15) is 5.11 Å². The van der Waals surface area contributed by atoms with Crippen LogP contribution in [0, 0.1) is 0 Å². The highest BCUT2D eigenvalue weighted by molar-refractivity contribution is 6.69. The molecule has 0 aromatic heterocycles. The van der Waals surface area contributed by atoms with Gasteiger partial charge in [0.2, 0.25) is 0 Å². The largest absolute Gasteiger partial charge is 0.497 e. The van der Waals surface area contributed by atoms with Crippen molar-refractivity contribution in [2.24, 2.45) is 0 Å². The Balaban J connectivity index is 1.53. The maximum atomic E-state index is 9.87. The molecule has 9 heteroatoms. The van der Waals surface area contributed by atoms with Gasteiger partial charge in [0, 0.05) is 13.0 Å². The predicted molar refractivity (Wildman–Crippen MR) is 165 cm³/mol. The second-order valence-electron chi connectivity index (χ2n) is 12.9. The van der Waals surface area contributed by atoms with Gasteiger partial charge in [-0.1, -0.05) is 24.3 Å². The van der Waals surface area contributed by atoms with Crippen LogP contribution >= 0.6 is 0 Å². The molecular formula is C33H50O8Si. The summed E-state index contributed by atoms with van der Waals surface area (Å²) in [6, 6.07) is 15.8. The maximum Gasteiger partial charge on any atom is 0.184 e. The van der Waals surface area contributed by atoms with Gasteiger partial charge in [-0.2, -0.15) is 0 Å². The molecule has 6 atom stereocenters. The molecule has 42 heavy (non-hydrogen) atoms. The van der Waals surface area contributed by atoms with Gasteiger partial charge >= 0.3 is 0 Å². The van der Waals surface area contributed by atoms with Crippen molar-refractivity contribution in [3.63, 3.8) is 0 Å². The molecule has 2 aliphatic heterocycles. The smallest absolute Gasteiger partial charge is 0.184 e. The molecule has 2 aromatic carbocycles. The molecule has 0 saturated carbocycles. The molecule has 2 heterocycles. The van der Waals surface area contributed by atoms with Gasteiger partial charge < -0.3 is 38.0 Å². The van der Waals surface area contributed by atoms with Crippen molar-refractivity contribution < 1.29 is 38.0 Å². The number of rotatable bonds is 13. The summed E-state index contributed by atoms with van der Waals surface area (Å²) in [7, 11) is 1.40. The van der Waals surface area contributed by atoms with Gasteiger partial charge in [-0.3, -0.25) is 0 Å². The molecule has 2 fully saturated rings. The molecular weight excluding hydrogens is 552 g/mol. The van der Waals surface area contributed by atoms with E-state index in [1.54, 1.807) is 14.2 Å². The Kier molecular flexibility index (Phi) is 11.1. The Labute approximate surface area is 252 Å². The zero-order valence-corrected chi connectivity index (χ0v) is 27.4. The first-order valence-electron chi connectivity index (χ1n) is 15.1. The Morgan fingerprint density at radius 3 is 2.02 bits per heavy atom. The van der Waals surface area contributed by atoms with E-state index in [1.807, 2.05) is 48.5 Å². The zero-order chi connectivity index (χ0) is 30.4. The third-order valence-corrected chi connectivity index (χ3v) is 9.28. The average Bonchev–Trinajstić information content (AvgIpc) is 3.07. The van der Waals surface area contributed by atoms with Crippen LogP contribution in [0.25, 0.3) is 0 Å². The Morgan fingerprint density at radius 2 is 1.48 bits per heavy atom. The van der Waals surface area contributed by atoms with Crippen LogP contribution in [-0.2, 0) is 36.6 Å². The molecule has 4 rings (SSSR count). The van der Waals surface area contributed by atoms with Gasteiger partial charge in [0.1, 0.15) is 17.6 Å². The summed E-state index contributed by atoms with van der Waals surface area (Å²) in [5, 5.41) is 9.87. The number of methoxy groups -OCH3 is 2. The molecule has 0 unspecified atom stereocenters. The third kappa shape index (κ3) is 8.56. The number of hydrogen-bond donors (Lipinski definition) is 1. The maximum absolute atomic E-state index is 9.87. The summed E-state index contributed by atoms with van der Waals surface area (Å²) in [6.07, 6.45) is 1.90. The summed E-state index contributed by atoms with van der Waals surface area (Å²) >= 11 is 0. The Morgan fingerprint density at radius 1 is 0.881 bits per heavy atom. The fourth-order valence-corrected chi connectivity index (χ4v) is 7.99. The minimum Gasteiger partial charge on any atom is -0.497 e. The first-order chi connectivity index (χ1) is 20.0. The van der Waals surface area contributed by atoms with Gasteiger partial charge in [-0.05, 0) is 88.1 Å². The van der Waals surface area contributed by atoms with Gasteiger partial charge in [0.25, 0.3) is 0 Å². The van der Waals surface area contributed by atoms with Crippen LogP contribution in [0.1, 0.15) is 50.7 Å². The predicted octanol–water partition coefficient (Wildman–Crippen LogP) is 5.89. The van der Waals surface area contributed by atoms with Crippen LogP contribution in [0.3, 0.4) is 0 Å². The van der Waals surface area contributed by atoms with E-state index in [-0.39, 0.29) is 31.0 Å². The van der Waals surface area contributed by atoms with Crippen LogP contribution in [0.2, 0.25) is 19.6 Å². The topological polar surface area (TPSA) is 84.8 Å². The van der Waals surface area contributed by atoms with Crippen LogP contribution in [0.15, 0.2) is 48.5 Å². The second-order valence-corrected chi connectivity index (χ2v) is 17.4. The summed E-state index contributed by atoms with van der Waals surface area (Å²) in [4.78, 5) is 0. The highest BCUT2D eigenvalue weighted by atomic mass is 28.4.